The van der Waals surface area contributed by atoms with Gasteiger partial charge in [-0.25, -0.2) is 0 Å². The van der Waals surface area contributed by atoms with E-state index in [1.54, 1.807) is 0 Å². The Morgan fingerprint density at radius 1 is 1.50 bits per heavy atom. The standard InChI is InChI=1S/C10H14N2S.ClH/c1-2-5-12-9(3-1)8-13-10-4-6-11-7-10;/h1-3,5,10-11H,4,6-8H2;1H/t10-;/m0./s1. The van der Waals surface area contributed by atoms with E-state index in [0.717, 1.165) is 17.5 Å². The number of aromatic nitrogens is 1. The van der Waals surface area contributed by atoms with Crippen LogP contribution in [0.5, 0.6) is 0 Å². The Kier molecular flexibility index (Phi) is 5.30. The normalized spacial score (nSPS) is 20.4. The second-order valence-electron chi connectivity index (χ2n) is 3.25. The fourth-order valence-electron chi connectivity index (χ4n) is 1.46. The van der Waals surface area contributed by atoms with Crippen LogP contribution in [0.3, 0.4) is 0 Å². The summed E-state index contributed by atoms with van der Waals surface area (Å²) >= 11 is 2.01. The molecule has 1 aromatic heterocycles. The second kappa shape index (κ2) is 6.27. The van der Waals surface area contributed by atoms with Crippen LogP contribution in [0.2, 0.25) is 0 Å². The molecule has 4 heteroatoms. The highest BCUT2D eigenvalue weighted by molar-refractivity contribution is 7.99. The maximum atomic E-state index is 4.30. The molecule has 2 nitrogen and oxygen atoms in total. The zero-order valence-corrected chi connectivity index (χ0v) is 9.61. The van der Waals surface area contributed by atoms with Crippen LogP contribution in [0, 0.1) is 0 Å². The Hall–Kier alpha value is -0.250. The summed E-state index contributed by atoms with van der Waals surface area (Å²) in [5.41, 5.74) is 1.19. The zero-order chi connectivity index (χ0) is 8.93. The summed E-state index contributed by atoms with van der Waals surface area (Å²) in [6.07, 6.45) is 3.17. The van der Waals surface area contributed by atoms with Gasteiger partial charge in [0.25, 0.3) is 0 Å². The van der Waals surface area contributed by atoms with Crippen LogP contribution < -0.4 is 5.32 Å². The van der Waals surface area contributed by atoms with Gasteiger partial charge in [-0.3, -0.25) is 4.98 Å². The molecule has 2 rings (SSSR count). The van der Waals surface area contributed by atoms with Crippen molar-refractivity contribution in [1.82, 2.24) is 10.3 Å². The van der Waals surface area contributed by atoms with E-state index in [9.17, 15) is 0 Å². The molecule has 1 fully saturated rings. The van der Waals surface area contributed by atoms with Crippen molar-refractivity contribution in [3.63, 3.8) is 0 Å². The summed E-state index contributed by atoms with van der Waals surface area (Å²) in [6, 6.07) is 6.11. The van der Waals surface area contributed by atoms with E-state index < -0.39 is 0 Å². The summed E-state index contributed by atoms with van der Waals surface area (Å²) in [7, 11) is 0. The highest BCUT2D eigenvalue weighted by atomic mass is 35.5. The molecule has 1 aromatic rings. The molecule has 2 heterocycles. The Balaban J connectivity index is 0.000000980. The minimum atomic E-state index is 0. The predicted molar refractivity (Wildman–Crippen MR) is 64.1 cm³/mol. The number of thioether (sulfide) groups is 1. The average molecular weight is 231 g/mol. The lowest BCUT2D eigenvalue weighted by molar-refractivity contribution is 0.858. The predicted octanol–water partition coefficient (Wildman–Crippen LogP) is 2.10. The SMILES string of the molecule is Cl.c1ccc(CS[C@H]2CCNC2)nc1. The zero-order valence-electron chi connectivity index (χ0n) is 7.98. The fourth-order valence-corrected chi connectivity index (χ4v) is 2.55. The lowest BCUT2D eigenvalue weighted by atomic mass is 10.4. The molecule has 14 heavy (non-hydrogen) atoms. The molecule has 0 spiro atoms. The van der Waals surface area contributed by atoms with Crippen LogP contribution in [-0.2, 0) is 5.75 Å². The molecule has 1 N–H and O–H groups in total. The molecule has 0 amide bonds. The van der Waals surface area contributed by atoms with Gasteiger partial charge >= 0.3 is 0 Å². The van der Waals surface area contributed by atoms with Crippen molar-refractivity contribution in [1.29, 1.82) is 0 Å². The maximum Gasteiger partial charge on any atom is 0.0502 e. The number of halogens is 1. The number of nitrogens with one attached hydrogen (secondary N) is 1. The number of pyridine rings is 1. The smallest absolute Gasteiger partial charge is 0.0502 e. The first-order chi connectivity index (χ1) is 6.45. The summed E-state index contributed by atoms with van der Waals surface area (Å²) in [6.45, 7) is 2.34. The van der Waals surface area contributed by atoms with Crippen molar-refractivity contribution in [3.8, 4) is 0 Å². The quantitative estimate of drug-likeness (QED) is 0.861. The topological polar surface area (TPSA) is 24.9 Å². The lowest BCUT2D eigenvalue weighted by Gasteiger charge is -2.06. The Bertz CT molecular complexity index is 250. The molecule has 0 bridgehead atoms. The highest BCUT2D eigenvalue weighted by Gasteiger charge is 2.14. The molecule has 1 aliphatic heterocycles. The molecule has 1 saturated heterocycles. The van der Waals surface area contributed by atoms with Gasteiger partial charge in [0, 0.05) is 23.7 Å². The third-order valence-corrected chi connectivity index (χ3v) is 3.54. The molecule has 0 radical (unpaired) electrons. The Labute approximate surface area is 95.3 Å². The van der Waals surface area contributed by atoms with E-state index in [1.807, 2.05) is 24.0 Å². The van der Waals surface area contributed by atoms with Gasteiger partial charge in [0.05, 0.1) is 5.69 Å². The van der Waals surface area contributed by atoms with E-state index >= 15 is 0 Å². The Morgan fingerprint density at radius 3 is 3.07 bits per heavy atom. The molecule has 1 aliphatic rings. The van der Waals surface area contributed by atoms with Gasteiger partial charge in [0.15, 0.2) is 0 Å². The van der Waals surface area contributed by atoms with Gasteiger partial charge in [0.1, 0.15) is 0 Å². The summed E-state index contributed by atoms with van der Waals surface area (Å²) in [4.78, 5) is 4.30. The number of rotatable bonds is 3. The van der Waals surface area contributed by atoms with Gasteiger partial charge < -0.3 is 5.32 Å². The van der Waals surface area contributed by atoms with Crippen molar-refractivity contribution in [2.75, 3.05) is 13.1 Å². The minimum absolute atomic E-state index is 0. The molecule has 0 saturated carbocycles. The van der Waals surface area contributed by atoms with E-state index in [0.29, 0.717) is 0 Å². The van der Waals surface area contributed by atoms with E-state index in [4.69, 9.17) is 0 Å². The third-order valence-electron chi connectivity index (χ3n) is 2.21. The number of hydrogen-bond acceptors (Lipinski definition) is 3. The van der Waals surface area contributed by atoms with Crippen molar-refractivity contribution in [2.24, 2.45) is 0 Å². The summed E-state index contributed by atoms with van der Waals surface area (Å²) in [5.74, 6) is 1.05. The van der Waals surface area contributed by atoms with Gasteiger partial charge in [-0.15, -0.1) is 12.4 Å². The number of nitrogens with zero attached hydrogens (tertiary/aromatic N) is 1. The molecule has 0 unspecified atom stereocenters. The van der Waals surface area contributed by atoms with E-state index in [2.05, 4.69) is 22.4 Å². The van der Waals surface area contributed by atoms with Crippen molar-refractivity contribution >= 4 is 24.2 Å². The first-order valence-corrected chi connectivity index (χ1v) is 5.72. The van der Waals surface area contributed by atoms with Gasteiger partial charge in [-0.05, 0) is 25.1 Å². The molecular formula is C10H15ClN2S. The van der Waals surface area contributed by atoms with Crippen LogP contribution in [0.4, 0.5) is 0 Å². The molecule has 0 aromatic carbocycles. The van der Waals surface area contributed by atoms with E-state index in [-0.39, 0.29) is 12.4 Å². The van der Waals surface area contributed by atoms with Gasteiger partial charge in [0.2, 0.25) is 0 Å². The largest absolute Gasteiger partial charge is 0.316 e. The van der Waals surface area contributed by atoms with Crippen LogP contribution in [-0.4, -0.2) is 23.3 Å². The molecule has 1 atom stereocenters. The van der Waals surface area contributed by atoms with E-state index in [1.165, 1.54) is 18.7 Å². The van der Waals surface area contributed by atoms with Crippen LogP contribution in [0.1, 0.15) is 12.1 Å². The third kappa shape index (κ3) is 3.48. The van der Waals surface area contributed by atoms with Crippen LogP contribution in [0.15, 0.2) is 24.4 Å². The fraction of sp³-hybridized carbons (Fsp3) is 0.500. The lowest BCUT2D eigenvalue weighted by Crippen LogP contribution is -2.10. The first-order valence-electron chi connectivity index (χ1n) is 4.67. The van der Waals surface area contributed by atoms with Crippen LogP contribution in [0.25, 0.3) is 0 Å². The van der Waals surface area contributed by atoms with Crippen molar-refractivity contribution in [3.05, 3.63) is 30.1 Å². The minimum Gasteiger partial charge on any atom is -0.316 e. The van der Waals surface area contributed by atoms with Crippen molar-refractivity contribution in [2.45, 2.75) is 17.4 Å². The van der Waals surface area contributed by atoms with Crippen molar-refractivity contribution < 1.29 is 0 Å². The molecule has 78 valence electrons. The second-order valence-corrected chi connectivity index (χ2v) is 4.54. The van der Waals surface area contributed by atoms with Crippen LogP contribution >= 0.6 is 24.2 Å². The summed E-state index contributed by atoms with van der Waals surface area (Å²) < 4.78 is 0. The number of hydrogen-bond donors (Lipinski definition) is 1. The van der Waals surface area contributed by atoms with Gasteiger partial charge in [-0.2, -0.15) is 11.8 Å². The first kappa shape index (κ1) is 11.8. The van der Waals surface area contributed by atoms with Gasteiger partial charge in [-0.1, -0.05) is 6.07 Å². The monoisotopic (exact) mass is 230 g/mol. The Morgan fingerprint density at radius 2 is 2.43 bits per heavy atom. The average Bonchev–Trinajstić information content (AvgIpc) is 2.69. The molecule has 0 aliphatic carbocycles. The maximum absolute atomic E-state index is 4.30. The summed E-state index contributed by atoms with van der Waals surface area (Å²) in [5, 5.41) is 4.16. The molecular weight excluding hydrogens is 216 g/mol. The highest BCUT2D eigenvalue weighted by Crippen LogP contribution is 2.20.